The summed E-state index contributed by atoms with van der Waals surface area (Å²) in [5.74, 6) is -5.28. The molecular weight excluding hydrogens is 868 g/mol. The van der Waals surface area contributed by atoms with Crippen LogP contribution < -0.4 is 10.2 Å². The lowest BCUT2D eigenvalue weighted by Gasteiger charge is -2.47. The summed E-state index contributed by atoms with van der Waals surface area (Å²) < 4.78 is 85.0. The number of hydrogen-bond donors (Lipinski definition) is 6. The number of fused-ring (bicyclic) bond motifs is 1. The number of carboxylic acids is 2. The zero-order valence-corrected chi connectivity index (χ0v) is 33.8. The highest BCUT2D eigenvalue weighted by Gasteiger charge is 2.42. The lowest BCUT2D eigenvalue weighted by Crippen LogP contribution is -2.58. The van der Waals surface area contributed by atoms with Crippen molar-refractivity contribution in [3.63, 3.8) is 0 Å². The number of halogens is 7. The Morgan fingerprint density at radius 3 is 2.25 bits per heavy atom. The van der Waals surface area contributed by atoms with Crippen LogP contribution >= 0.6 is 22.7 Å². The maximum atomic E-state index is 14.6. The minimum Gasteiger partial charge on any atom is -0.506 e. The normalized spacial score (nSPS) is 17.5. The molecule has 0 bridgehead atoms. The van der Waals surface area contributed by atoms with E-state index in [1.807, 2.05) is 16.3 Å². The van der Waals surface area contributed by atoms with Gasteiger partial charge in [0, 0.05) is 49.6 Å². The van der Waals surface area contributed by atoms with Crippen molar-refractivity contribution in [2.45, 2.75) is 75.0 Å². The van der Waals surface area contributed by atoms with Gasteiger partial charge in [-0.25, -0.2) is 19.0 Å². The predicted molar refractivity (Wildman–Crippen MR) is 207 cm³/mol. The molecule has 14 nitrogen and oxygen atoms in total. The van der Waals surface area contributed by atoms with Gasteiger partial charge in [-0.2, -0.15) is 26.3 Å². The van der Waals surface area contributed by atoms with E-state index >= 15 is 0 Å². The van der Waals surface area contributed by atoms with E-state index in [-0.39, 0.29) is 34.5 Å². The van der Waals surface area contributed by atoms with Crippen molar-refractivity contribution >= 4 is 50.7 Å². The van der Waals surface area contributed by atoms with Crippen molar-refractivity contribution in [3.05, 3.63) is 78.6 Å². The highest BCUT2D eigenvalue weighted by molar-refractivity contribution is 7.16. The number of morpholine rings is 1. The summed E-state index contributed by atoms with van der Waals surface area (Å²) >= 11 is 2.57. The Hall–Kier alpha value is -4.68. The molecule has 334 valence electrons. The maximum Gasteiger partial charge on any atom is 0.490 e. The molecule has 61 heavy (non-hydrogen) atoms. The molecule has 2 aromatic carbocycles. The lowest BCUT2D eigenvalue weighted by molar-refractivity contribution is -0.193. The summed E-state index contributed by atoms with van der Waals surface area (Å²) in [7, 11) is 0. The monoisotopic (exact) mass is 909 g/mol. The second-order valence-electron chi connectivity index (χ2n) is 14.7. The van der Waals surface area contributed by atoms with Crippen LogP contribution in [0, 0.1) is 5.82 Å². The van der Waals surface area contributed by atoms with Crippen molar-refractivity contribution in [1.29, 1.82) is 0 Å². The van der Waals surface area contributed by atoms with Gasteiger partial charge in [-0.15, -0.1) is 11.3 Å². The van der Waals surface area contributed by atoms with E-state index in [1.165, 1.54) is 25.3 Å². The maximum absolute atomic E-state index is 14.6. The summed E-state index contributed by atoms with van der Waals surface area (Å²) in [5, 5.41) is 41.2. The van der Waals surface area contributed by atoms with Gasteiger partial charge < -0.3 is 40.4 Å². The number of nitrogens with zero attached hydrogens (tertiary/aromatic N) is 3. The number of likely N-dealkylation sites (tertiary alicyclic amines) is 1. The molecular formula is C38H42F7N5O9S2. The number of aromatic nitrogens is 2. The number of amides is 1. The van der Waals surface area contributed by atoms with E-state index in [4.69, 9.17) is 24.5 Å². The number of ether oxygens (including phenoxy) is 1. The van der Waals surface area contributed by atoms with E-state index in [0.717, 1.165) is 53.4 Å². The molecule has 4 heterocycles. The van der Waals surface area contributed by atoms with Crippen LogP contribution in [-0.2, 0) is 27.3 Å². The van der Waals surface area contributed by atoms with Gasteiger partial charge in [0.1, 0.15) is 22.8 Å². The highest BCUT2D eigenvalue weighted by Crippen LogP contribution is 2.38. The fourth-order valence-corrected chi connectivity index (χ4v) is 8.81. The van der Waals surface area contributed by atoms with Crippen LogP contribution in [0.5, 0.6) is 5.75 Å². The van der Waals surface area contributed by atoms with Crippen LogP contribution in [0.1, 0.15) is 76.3 Å². The Morgan fingerprint density at radius 1 is 1.00 bits per heavy atom. The topological polar surface area (TPSA) is 206 Å². The quantitative estimate of drug-likeness (QED) is 0.0826. The predicted octanol–water partition coefficient (Wildman–Crippen LogP) is 5.80. The van der Waals surface area contributed by atoms with E-state index in [9.17, 15) is 50.5 Å². The number of benzene rings is 2. The number of aromatic hydroxyl groups is 1. The highest BCUT2D eigenvalue weighted by atomic mass is 32.1. The number of piperidine rings is 1. The number of carbonyl (C=O) groups is 3. The fraction of sp³-hybridized carbons (Fsp3) is 0.500. The zero-order chi connectivity index (χ0) is 44.7. The first kappa shape index (κ1) is 47.4. The Bertz CT molecular complexity index is 2190. The van der Waals surface area contributed by atoms with Gasteiger partial charge in [-0.1, -0.05) is 29.9 Å². The van der Waals surface area contributed by atoms with Gasteiger partial charge in [0.15, 0.2) is 0 Å². The summed E-state index contributed by atoms with van der Waals surface area (Å²) in [6.45, 7) is 4.70. The number of alkyl halides is 6. The average Bonchev–Trinajstić information content (AvgIpc) is 3.80. The molecule has 1 saturated carbocycles. The number of aliphatic carboxylic acids is 2. The molecule has 1 atom stereocenters. The molecule has 0 unspecified atom stereocenters. The van der Waals surface area contributed by atoms with Gasteiger partial charge in [-0.3, -0.25) is 14.5 Å². The molecule has 7 rings (SSSR count). The number of rotatable bonds is 10. The van der Waals surface area contributed by atoms with Crippen LogP contribution in [-0.4, -0.2) is 122 Å². The minimum absolute atomic E-state index is 0.00451. The number of aromatic amines is 1. The Labute approximate surface area is 350 Å². The first-order valence-electron chi connectivity index (χ1n) is 18.9. The first-order chi connectivity index (χ1) is 28.6. The number of carboxylic acid groups (broad SMARTS) is 2. The molecule has 1 spiro atoms. The van der Waals surface area contributed by atoms with Crippen LogP contribution in [0.15, 0.2) is 40.5 Å². The number of H-pyrrole nitrogens is 1. The van der Waals surface area contributed by atoms with Gasteiger partial charge in [0.05, 0.1) is 34.6 Å². The molecule has 2 aliphatic heterocycles. The number of nitrogens with one attached hydrogen (secondary N) is 2. The van der Waals surface area contributed by atoms with Gasteiger partial charge >= 0.3 is 29.2 Å². The third kappa shape index (κ3) is 12.9. The molecule has 0 radical (unpaired) electrons. The lowest BCUT2D eigenvalue weighted by atomic mass is 9.86. The molecule has 23 heteroatoms. The van der Waals surface area contributed by atoms with Crippen molar-refractivity contribution < 1.29 is 70.3 Å². The van der Waals surface area contributed by atoms with Crippen LogP contribution in [0.3, 0.4) is 0 Å². The van der Waals surface area contributed by atoms with Crippen molar-refractivity contribution in [3.8, 4) is 5.75 Å². The first-order valence-corrected chi connectivity index (χ1v) is 20.6. The van der Waals surface area contributed by atoms with Crippen LogP contribution in [0.4, 0.5) is 30.7 Å². The third-order valence-corrected chi connectivity index (χ3v) is 12.2. The summed E-state index contributed by atoms with van der Waals surface area (Å²) in [4.78, 5) is 54.1. The number of phenols is 1. The van der Waals surface area contributed by atoms with Crippen molar-refractivity contribution in [2.24, 2.45) is 0 Å². The molecule has 1 aliphatic carbocycles. The molecule has 3 fully saturated rings. The largest absolute Gasteiger partial charge is 0.506 e. The SMILES string of the molecule is O=C(O)C(F)(F)F.O=C(O)C(F)(F)F.O=C(c1csc(C2CCC2)n1)N1CCOC2(CCN(Cc3cc(F)cc(CCNC[C@H](O)c4ccc(O)c5[nH]c(=O)sc45)c3)CC2)C1. The second kappa shape index (κ2) is 20.0. The number of thiazole rings is 2. The standard InChI is InChI=1S/C34H40FN5O5S2.2C2HF3O2/c35-24-15-21(6-9-36-17-28(42)25-4-5-27(41)29-30(25)47-33(44)38-29)14-22(16-24)18-39-10-7-34(8-11-39)20-40(12-13-45-34)32(43)26-19-46-31(37-26)23-2-1-3-23;2*3-2(4,5)1(6)7/h4-5,14-16,19,23,28,36,41-42H,1-3,6-13,17-18,20H2,(H,38,44);2*(H,6,7)/t28-;;/m0../s1. The Kier molecular flexibility index (Phi) is 15.5. The van der Waals surface area contributed by atoms with Gasteiger partial charge in [0.2, 0.25) is 0 Å². The molecule has 2 aromatic heterocycles. The van der Waals surface area contributed by atoms with Crippen molar-refractivity contribution in [2.75, 3.05) is 45.9 Å². The molecule has 6 N–H and O–H groups in total. The van der Waals surface area contributed by atoms with Crippen LogP contribution in [0.25, 0.3) is 10.2 Å². The number of hydrogen-bond acceptors (Lipinski definition) is 12. The van der Waals surface area contributed by atoms with Crippen LogP contribution in [0.2, 0.25) is 0 Å². The molecule has 4 aromatic rings. The minimum atomic E-state index is -5.08. The van der Waals surface area contributed by atoms with E-state index < -0.39 is 30.4 Å². The van der Waals surface area contributed by atoms with E-state index in [1.54, 1.807) is 29.5 Å². The Morgan fingerprint density at radius 2 is 1.64 bits per heavy atom. The molecule has 3 aliphatic rings. The number of aliphatic hydroxyl groups is 1. The second-order valence-corrected chi connectivity index (χ2v) is 16.5. The smallest absolute Gasteiger partial charge is 0.490 e. The van der Waals surface area contributed by atoms with E-state index in [2.05, 4.69) is 20.2 Å². The average molecular weight is 910 g/mol. The molecule has 1 amide bonds. The zero-order valence-electron chi connectivity index (χ0n) is 32.2. The number of phenolic OH excluding ortho intramolecular Hbond substituents is 1. The van der Waals surface area contributed by atoms with Gasteiger partial charge in [-0.05, 0) is 68.0 Å². The summed E-state index contributed by atoms with van der Waals surface area (Å²) in [6, 6.07) is 8.26. The van der Waals surface area contributed by atoms with Crippen molar-refractivity contribution in [1.82, 2.24) is 25.1 Å². The fourth-order valence-electron chi connectivity index (χ4n) is 6.92. The summed E-state index contributed by atoms with van der Waals surface area (Å²) in [5.41, 5.74) is 2.90. The Balaban J connectivity index is 0.000000434. The third-order valence-electron chi connectivity index (χ3n) is 10.3. The molecule has 2 saturated heterocycles. The summed E-state index contributed by atoms with van der Waals surface area (Å²) in [6.07, 6.45) is -5.25. The van der Waals surface area contributed by atoms with E-state index in [0.29, 0.717) is 66.6 Å². The number of carbonyl (C=O) groups excluding carboxylic acids is 1. The van der Waals surface area contributed by atoms with Gasteiger partial charge in [0.25, 0.3) is 5.91 Å². The number of aliphatic hydroxyl groups excluding tert-OH is 1.